The highest BCUT2D eigenvalue weighted by Gasteiger charge is 1.95. The van der Waals surface area contributed by atoms with Crippen LogP contribution in [0.5, 0.6) is 0 Å². The molecule has 23 heavy (non-hydrogen) atoms. The van der Waals surface area contributed by atoms with E-state index in [0.717, 1.165) is 0 Å². The van der Waals surface area contributed by atoms with Gasteiger partial charge in [-0.25, -0.2) is 0 Å². The molecule has 0 N–H and O–H groups in total. The van der Waals surface area contributed by atoms with Crippen LogP contribution in [0.25, 0.3) is 0 Å². The minimum atomic E-state index is 1.34. The molecule has 0 radical (unpaired) electrons. The van der Waals surface area contributed by atoms with Gasteiger partial charge in [0.25, 0.3) is 0 Å². The molecule has 2 heteroatoms. The Kier molecular flexibility index (Phi) is 24.9. The summed E-state index contributed by atoms with van der Waals surface area (Å²) in [4.78, 5) is 0. The van der Waals surface area contributed by atoms with Crippen molar-refractivity contribution in [3.63, 3.8) is 0 Å². The van der Waals surface area contributed by atoms with Crippen LogP contribution in [0, 0.1) is 0 Å². The molecule has 0 nitrogen and oxygen atoms in total. The second kappa shape index (κ2) is 23.5. The molecule has 0 bridgehead atoms. The zero-order valence-corrected chi connectivity index (χ0v) is 19.9. The fraction of sp³-hybridized carbons (Fsp3) is 1.00. The van der Waals surface area contributed by atoms with Gasteiger partial charge >= 0.3 is 0 Å². The molecular formula is C21H42I2. The molecule has 0 saturated carbocycles. The molecule has 0 aliphatic carbocycles. The largest absolute Gasteiger partial charge is 0.0864 e. The van der Waals surface area contributed by atoms with E-state index in [1.165, 1.54) is 131 Å². The van der Waals surface area contributed by atoms with Crippen LogP contribution in [0.2, 0.25) is 0 Å². The van der Waals surface area contributed by atoms with Gasteiger partial charge in [-0.05, 0) is 21.7 Å². The van der Waals surface area contributed by atoms with Crippen LogP contribution in [0.15, 0.2) is 0 Å². The molecule has 0 saturated heterocycles. The number of unbranched alkanes of at least 4 members (excludes halogenated alkanes) is 18. The Balaban J connectivity index is 2.92. The maximum Gasteiger partial charge on any atom is -0.000473 e. The Morgan fingerprint density at radius 1 is 0.217 bits per heavy atom. The van der Waals surface area contributed by atoms with E-state index in [-0.39, 0.29) is 0 Å². The predicted molar refractivity (Wildman–Crippen MR) is 125 cm³/mol. The average Bonchev–Trinajstić information content (AvgIpc) is 2.57. The van der Waals surface area contributed by atoms with Crippen LogP contribution in [-0.2, 0) is 0 Å². The highest BCUT2D eigenvalue weighted by molar-refractivity contribution is 14.1. The van der Waals surface area contributed by atoms with E-state index >= 15 is 0 Å². The molecule has 0 fully saturated rings. The Morgan fingerprint density at radius 3 is 0.478 bits per heavy atom. The maximum absolute atomic E-state index is 2.49. The molecule has 140 valence electrons. The van der Waals surface area contributed by atoms with Gasteiger partial charge in [0.1, 0.15) is 0 Å². The maximum atomic E-state index is 2.49. The van der Waals surface area contributed by atoms with Crippen molar-refractivity contribution in [1.82, 2.24) is 0 Å². The zero-order valence-electron chi connectivity index (χ0n) is 15.6. The van der Waals surface area contributed by atoms with Crippen molar-refractivity contribution in [3.05, 3.63) is 0 Å². The van der Waals surface area contributed by atoms with Crippen molar-refractivity contribution in [2.24, 2.45) is 0 Å². The van der Waals surface area contributed by atoms with Crippen molar-refractivity contribution in [2.75, 3.05) is 8.86 Å². The minimum Gasteiger partial charge on any atom is -0.0864 e. The third kappa shape index (κ3) is 23.5. The molecule has 0 aromatic heterocycles. The topological polar surface area (TPSA) is 0 Å². The molecule has 0 atom stereocenters. The van der Waals surface area contributed by atoms with Crippen LogP contribution in [-0.4, -0.2) is 8.86 Å². The summed E-state index contributed by atoms with van der Waals surface area (Å²) in [5, 5.41) is 0. The van der Waals surface area contributed by atoms with Crippen LogP contribution in [0.3, 0.4) is 0 Å². The van der Waals surface area contributed by atoms with E-state index in [1.807, 2.05) is 0 Å². The summed E-state index contributed by atoms with van der Waals surface area (Å²) in [5.41, 5.74) is 0. The average molecular weight is 548 g/mol. The first kappa shape index (κ1) is 24.5. The lowest BCUT2D eigenvalue weighted by Crippen LogP contribution is -1.84. The Bertz CT molecular complexity index is 174. The van der Waals surface area contributed by atoms with E-state index < -0.39 is 0 Å². The van der Waals surface area contributed by atoms with Gasteiger partial charge in [-0.2, -0.15) is 0 Å². The molecule has 0 aromatic rings. The number of hydrogen-bond donors (Lipinski definition) is 0. The highest BCUT2D eigenvalue weighted by atomic mass is 127. The highest BCUT2D eigenvalue weighted by Crippen LogP contribution is 2.14. The number of hydrogen-bond acceptors (Lipinski definition) is 0. The van der Waals surface area contributed by atoms with Gasteiger partial charge in [0.15, 0.2) is 0 Å². The van der Waals surface area contributed by atoms with Gasteiger partial charge < -0.3 is 0 Å². The lowest BCUT2D eigenvalue weighted by atomic mass is 10.0. The van der Waals surface area contributed by atoms with E-state index in [2.05, 4.69) is 45.2 Å². The van der Waals surface area contributed by atoms with Crippen LogP contribution in [0.1, 0.15) is 122 Å². The number of rotatable bonds is 20. The Hall–Kier alpha value is 1.46. The second-order valence-corrected chi connectivity index (χ2v) is 9.25. The first-order valence-electron chi connectivity index (χ1n) is 10.5. The third-order valence-corrected chi connectivity index (χ3v) is 6.29. The SMILES string of the molecule is ICCCCCCCCCCCCCCCCCCCCCI. The normalized spacial score (nSPS) is 11.2. The molecule has 0 heterocycles. The van der Waals surface area contributed by atoms with Gasteiger partial charge in [-0.3, -0.25) is 0 Å². The van der Waals surface area contributed by atoms with E-state index in [9.17, 15) is 0 Å². The monoisotopic (exact) mass is 548 g/mol. The summed E-state index contributed by atoms with van der Waals surface area (Å²) in [6, 6.07) is 0. The lowest BCUT2D eigenvalue weighted by Gasteiger charge is -2.03. The van der Waals surface area contributed by atoms with Crippen LogP contribution >= 0.6 is 45.2 Å². The molecule has 0 spiro atoms. The molecule has 0 unspecified atom stereocenters. The van der Waals surface area contributed by atoms with Crippen LogP contribution < -0.4 is 0 Å². The second-order valence-electron chi connectivity index (χ2n) is 7.10. The molecule has 0 rings (SSSR count). The van der Waals surface area contributed by atoms with Gasteiger partial charge in [0, 0.05) is 0 Å². The summed E-state index contributed by atoms with van der Waals surface area (Å²) in [5.74, 6) is 0. The zero-order chi connectivity index (χ0) is 16.8. The van der Waals surface area contributed by atoms with E-state index in [0.29, 0.717) is 0 Å². The van der Waals surface area contributed by atoms with Crippen molar-refractivity contribution in [1.29, 1.82) is 0 Å². The summed E-state index contributed by atoms with van der Waals surface area (Å²) in [7, 11) is 0. The fourth-order valence-corrected chi connectivity index (χ4v) is 4.27. The first-order chi connectivity index (χ1) is 11.4. The molecular weight excluding hydrogens is 506 g/mol. The first-order valence-corrected chi connectivity index (χ1v) is 13.6. The summed E-state index contributed by atoms with van der Waals surface area (Å²) in [6.07, 6.45) is 28.1. The third-order valence-electron chi connectivity index (χ3n) is 4.77. The van der Waals surface area contributed by atoms with Crippen LogP contribution in [0.4, 0.5) is 0 Å². The quantitative estimate of drug-likeness (QED) is 0.0808. The molecule has 0 aliphatic heterocycles. The van der Waals surface area contributed by atoms with Gasteiger partial charge in [-0.15, -0.1) is 0 Å². The minimum absolute atomic E-state index is 1.34. The Labute approximate surface area is 175 Å². The standard InChI is InChI=1S/C21H42I2/c22-20-18-16-14-12-10-8-6-4-2-1-3-5-7-9-11-13-15-17-19-21-23/h1-21H2. The van der Waals surface area contributed by atoms with Gasteiger partial charge in [-0.1, -0.05) is 154 Å². The Morgan fingerprint density at radius 2 is 0.348 bits per heavy atom. The summed E-state index contributed by atoms with van der Waals surface area (Å²) >= 11 is 4.98. The summed E-state index contributed by atoms with van der Waals surface area (Å²) < 4.78 is 2.69. The lowest BCUT2D eigenvalue weighted by molar-refractivity contribution is 0.525. The number of halogens is 2. The smallest absolute Gasteiger partial charge is 0.000473 e. The fourth-order valence-electron chi connectivity index (χ4n) is 3.19. The summed E-state index contributed by atoms with van der Waals surface area (Å²) in [6.45, 7) is 0. The number of alkyl halides is 2. The molecule has 0 amide bonds. The molecule has 0 aromatic carbocycles. The predicted octanol–water partition coefficient (Wildman–Crippen LogP) is 9.27. The van der Waals surface area contributed by atoms with Gasteiger partial charge in [0.2, 0.25) is 0 Å². The molecule has 0 aliphatic rings. The van der Waals surface area contributed by atoms with Crippen molar-refractivity contribution in [2.45, 2.75) is 122 Å². The van der Waals surface area contributed by atoms with E-state index in [4.69, 9.17) is 0 Å². The van der Waals surface area contributed by atoms with Crippen molar-refractivity contribution >= 4 is 45.2 Å². The van der Waals surface area contributed by atoms with Gasteiger partial charge in [0.05, 0.1) is 0 Å². The van der Waals surface area contributed by atoms with Crippen molar-refractivity contribution in [3.8, 4) is 0 Å². The van der Waals surface area contributed by atoms with Crippen molar-refractivity contribution < 1.29 is 0 Å². The van der Waals surface area contributed by atoms with E-state index in [1.54, 1.807) is 0 Å².